The Kier molecular flexibility index (Phi) is 7.09. The Morgan fingerprint density at radius 3 is 2.43 bits per heavy atom. The number of aryl methyl sites for hydroxylation is 2. The van der Waals surface area contributed by atoms with E-state index in [1.54, 1.807) is 0 Å². The molecule has 1 saturated heterocycles. The molecule has 0 aliphatic carbocycles. The molecule has 0 atom stereocenters. The van der Waals surface area contributed by atoms with Crippen molar-refractivity contribution in [2.75, 3.05) is 32.8 Å². The molecule has 2 aromatic carbocycles. The van der Waals surface area contributed by atoms with Crippen LogP contribution in [0.15, 0.2) is 48.7 Å². The van der Waals surface area contributed by atoms with Crippen molar-refractivity contribution in [1.82, 2.24) is 18.9 Å². The average molecular weight is 447 g/mol. The minimum atomic E-state index is 0. The van der Waals surface area contributed by atoms with Crippen LogP contribution in [0.25, 0.3) is 28.1 Å². The molecular formula is C23H28Cl2N4O. The van der Waals surface area contributed by atoms with Crippen molar-refractivity contribution >= 4 is 41.6 Å². The number of para-hydroxylation sites is 2. The molecule has 0 amide bonds. The monoisotopic (exact) mass is 446 g/mol. The zero-order valence-electron chi connectivity index (χ0n) is 17.4. The molecule has 2 aromatic heterocycles. The Morgan fingerprint density at radius 2 is 1.67 bits per heavy atom. The molecule has 1 aliphatic rings. The largest absolute Gasteiger partial charge is 0.379 e. The molecule has 0 radical (unpaired) electrons. The second-order valence-corrected chi connectivity index (χ2v) is 7.71. The number of aromatic nitrogens is 3. The standard InChI is InChI=1S/C23H26N4O.2ClH/c1-17-7-8-18(2)19(15-17)20-16-27-22-6-4-3-5-21(22)26(23(27)24-20)10-9-25-11-13-28-14-12-25;;/h3-8,15-16H,9-14H2,1-2H3;2*1H. The molecule has 1 fully saturated rings. The smallest absolute Gasteiger partial charge is 0.215 e. The predicted octanol–water partition coefficient (Wildman–Crippen LogP) is 4.75. The number of nitrogens with zero attached hydrogens (tertiary/aromatic N) is 4. The highest BCUT2D eigenvalue weighted by atomic mass is 35.5. The lowest BCUT2D eigenvalue weighted by Crippen LogP contribution is -2.38. The van der Waals surface area contributed by atoms with Gasteiger partial charge in [-0.25, -0.2) is 4.98 Å². The van der Waals surface area contributed by atoms with Crippen molar-refractivity contribution in [3.8, 4) is 11.3 Å². The van der Waals surface area contributed by atoms with Gasteiger partial charge in [0.25, 0.3) is 0 Å². The quantitative estimate of drug-likeness (QED) is 0.453. The Hall–Kier alpha value is -2.05. The van der Waals surface area contributed by atoms with Crippen LogP contribution in [0, 0.1) is 13.8 Å². The van der Waals surface area contributed by atoms with Crippen molar-refractivity contribution in [3.63, 3.8) is 0 Å². The van der Waals surface area contributed by atoms with Crippen LogP contribution in [0.2, 0.25) is 0 Å². The van der Waals surface area contributed by atoms with Crippen LogP contribution in [0.1, 0.15) is 11.1 Å². The molecule has 3 heterocycles. The van der Waals surface area contributed by atoms with E-state index in [9.17, 15) is 0 Å². The second-order valence-electron chi connectivity index (χ2n) is 7.71. The lowest BCUT2D eigenvalue weighted by molar-refractivity contribution is 0.0366. The van der Waals surface area contributed by atoms with E-state index in [4.69, 9.17) is 9.72 Å². The number of morpholine rings is 1. The summed E-state index contributed by atoms with van der Waals surface area (Å²) in [4.78, 5) is 7.54. The summed E-state index contributed by atoms with van der Waals surface area (Å²) >= 11 is 0. The van der Waals surface area contributed by atoms with E-state index in [0.717, 1.165) is 50.9 Å². The maximum absolute atomic E-state index is 5.49. The van der Waals surface area contributed by atoms with E-state index >= 15 is 0 Å². The van der Waals surface area contributed by atoms with Crippen LogP contribution < -0.4 is 0 Å². The van der Waals surface area contributed by atoms with Gasteiger partial charge in [0.05, 0.1) is 29.9 Å². The summed E-state index contributed by atoms with van der Waals surface area (Å²) in [5, 5.41) is 0. The summed E-state index contributed by atoms with van der Waals surface area (Å²) in [6.07, 6.45) is 2.19. The summed E-state index contributed by atoms with van der Waals surface area (Å²) in [6, 6.07) is 15.2. The van der Waals surface area contributed by atoms with Crippen molar-refractivity contribution in [2.45, 2.75) is 20.4 Å². The van der Waals surface area contributed by atoms with E-state index in [2.05, 4.69) is 76.4 Å². The summed E-state index contributed by atoms with van der Waals surface area (Å²) in [7, 11) is 0. The molecular weight excluding hydrogens is 419 g/mol. The molecule has 0 spiro atoms. The number of fused-ring (bicyclic) bond motifs is 3. The van der Waals surface area contributed by atoms with E-state index in [-0.39, 0.29) is 24.8 Å². The van der Waals surface area contributed by atoms with Gasteiger partial charge >= 0.3 is 0 Å². The highest BCUT2D eigenvalue weighted by Gasteiger charge is 2.17. The van der Waals surface area contributed by atoms with Gasteiger partial charge in [-0.05, 0) is 37.6 Å². The molecule has 4 aromatic rings. The maximum Gasteiger partial charge on any atom is 0.215 e. The second kappa shape index (κ2) is 9.40. The molecule has 0 saturated carbocycles. The number of hydrogen-bond donors (Lipinski definition) is 0. The van der Waals surface area contributed by atoms with Gasteiger partial charge in [0.15, 0.2) is 0 Å². The van der Waals surface area contributed by atoms with E-state index in [0.29, 0.717) is 0 Å². The first kappa shape index (κ1) is 22.6. The Balaban J connectivity index is 0.00000128. The highest BCUT2D eigenvalue weighted by Crippen LogP contribution is 2.28. The number of hydrogen-bond acceptors (Lipinski definition) is 3. The zero-order valence-corrected chi connectivity index (χ0v) is 19.0. The number of imidazole rings is 2. The minimum absolute atomic E-state index is 0. The summed E-state index contributed by atoms with van der Waals surface area (Å²) in [5.74, 6) is 1.02. The fraction of sp³-hybridized carbons (Fsp3) is 0.348. The lowest BCUT2D eigenvalue weighted by atomic mass is 10.0. The van der Waals surface area contributed by atoms with Crippen LogP contribution in [-0.2, 0) is 11.3 Å². The minimum Gasteiger partial charge on any atom is -0.379 e. The molecule has 30 heavy (non-hydrogen) atoms. The zero-order chi connectivity index (χ0) is 19.1. The first-order valence-corrected chi connectivity index (χ1v) is 10.0. The van der Waals surface area contributed by atoms with Gasteiger partial charge in [0.1, 0.15) is 0 Å². The van der Waals surface area contributed by atoms with E-state index < -0.39 is 0 Å². The van der Waals surface area contributed by atoms with Crippen molar-refractivity contribution in [2.24, 2.45) is 0 Å². The molecule has 0 N–H and O–H groups in total. The Morgan fingerprint density at radius 1 is 0.933 bits per heavy atom. The van der Waals surface area contributed by atoms with Gasteiger partial charge in [-0.1, -0.05) is 29.8 Å². The third kappa shape index (κ3) is 4.08. The van der Waals surface area contributed by atoms with Gasteiger partial charge in [0.2, 0.25) is 5.78 Å². The average Bonchev–Trinajstić information content (AvgIpc) is 3.27. The molecule has 5 rings (SSSR count). The van der Waals surface area contributed by atoms with Crippen LogP contribution in [0.3, 0.4) is 0 Å². The van der Waals surface area contributed by atoms with E-state index in [1.165, 1.54) is 27.7 Å². The lowest BCUT2D eigenvalue weighted by Gasteiger charge is -2.26. The van der Waals surface area contributed by atoms with Crippen LogP contribution in [0.4, 0.5) is 0 Å². The Bertz CT molecular complexity index is 1140. The van der Waals surface area contributed by atoms with E-state index in [1.807, 2.05) is 0 Å². The molecule has 160 valence electrons. The summed E-state index contributed by atoms with van der Waals surface area (Å²) in [6.45, 7) is 9.93. The van der Waals surface area contributed by atoms with Crippen molar-refractivity contribution in [1.29, 1.82) is 0 Å². The third-order valence-corrected chi connectivity index (χ3v) is 5.77. The summed E-state index contributed by atoms with van der Waals surface area (Å²) < 4.78 is 10.1. The van der Waals surface area contributed by atoms with Crippen LogP contribution in [0.5, 0.6) is 0 Å². The van der Waals surface area contributed by atoms with Gasteiger partial charge in [0, 0.05) is 37.9 Å². The molecule has 5 nitrogen and oxygen atoms in total. The number of ether oxygens (including phenoxy) is 1. The fourth-order valence-electron chi connectivity index (χ4n) is 4.17. The molecule has 0 unspecified atom stereocenters. The van der Waals surface area contributed by atoms with Crippen LogP contribution >= 0.6 is 24.8 Å². The van der Waals surface area contributed by atoms with Gasteiger partial charge in [-0.15, -0.1) is 24.8 Å². The molecule has 1 aliphatic heterocycles. The van der Waals surface area contributed by atoms with Gasteiger partial charge in [-0.2, -0.15) is 0 Å². The third-order valence-electron chi connectivity index (χ3n) is 5.77. The number of rotatable bonds is 4. The summed E-state index contributed by atoms with van der Waals surface area (Å²) in [5.41, 5.74) is 7.23. The topological polar surface area (TPSA) is 34.7 Å². The van der Waals surface area contributed by atoms with Crippen molar-refractivity contribution < 1.29 is 4.74 Å². The Labute approximate surface area is 189 Å². The van der Waals surface area contributed by atoms with Crippen molar-refractivity contribution in [3.05, 3.63) is 59.8 Å². The maximum atomic E-state index is 5.49. The SMILES string of the molecule is Cc1ccc(C)c(-c2cn3c4ccccc4n(CCN4CCOCC4)c3n2)c1.Cl.Cl. The first-order valence-electron chi connectivity index (χ1n) is 10.0. The first-order chi connectivity index (χ1) is 13.7. The van der Waals surface area contributed by atoms with Crippen LogP contribution in [-0.4, -0.2) is 51.7 Å². The van der Waals surface area contributed by atoms with Gasteiger partial charge in [-0.3, -0.25) is 9.30 Å². The highest BCUT2D eigenvalue weighted by molar-refractivity contribution is 5.85. The fourth-order valence-corrected chi connectivity index (χ4v) is 4.17. The molecule has 0 bridgehead atoms. The number of benzene rings is 2. The van der Waals surface area contributed by atoms with Gasteiger partial charge < -0.3 is 9.30 Å². The normalized spacial score (nSPS) is 14.6. The number of halogens is 2. The predicted molar refractivity (Wildman–Crippen MR) is 127 cm³/mol. The molecule has 7 heteroatoms.